The van der Waals surface area contributed by atoms with Crippen molar-refractivity contribution in [2.24, 2.45) is 0 Å². The average Bonchev–Trinajstić information content (AvgIpc) is 3.44. The summed E-state index contributed by atoms with van der Waals surface area (Å²) in [4.78, 5) is 54.6. The lowest BCUT2D eigenvalue weighted by atomic mass is 9.95. The van der Waals surface area contributed by atoms with E-state index in [4.69, 9.17) is 4.74 Å². The predicted molar refractivity (Wildman–Crippen MR) is 122 cm³/mol. The molecule has 4 rings (SSSR count). The van der Waals surface area contributed by atoms with Gasteiger partial charge in [-0.05, 0) is 42.7 Å². The molecule has 1 fully saturated rings. The van der Waals surface area contributed by atoms with Crippen LogP contribution in [0.25, 0.3) is 0 Å². The molecular formula is C22H25N3O5S2. The first kappa shape index (κ1) is 22.5. The third-order valence-corrected chi connectivity index (χ3v) is 7.71. The number of anilines is 1. The molecule has 8 nitrogen and oxygen atoms in total. The Balaban J connectivity index is 1.34. The number of aryl methyl sites for hydroxylation is 1. The van der Waals surface area contributed by atoms with Crippen LogP contribution in [0.1, 0.15) is 50.2 Å². The number of nitrogens with zero attached hydrogens (tertiary/aromatic N) is 2. The number of amides is 3. The van der Waals surface area contributed by atoms with Crippen molar-refractivity contribution in [1.29, 1.82) is 0 Å². The van der Waals surface area contributed by atoms with Crippen molar-refractivity contribution in [3.05, 3.63) is 38.4 Å². The first-order valence-electron chi connectivity index (χ1n) is 10.6. The number of hydrogen-bond acceptors (Lipinski definition) is 7. The number of rotatable bonds is 5. The molecule has 0 radical (unpaired) electrons. The Morgan fingerprint density at radius 1 is 1.06 bits per heavy atom. The summed E-state index contributed by atoms with van der Waals surface area (Å²) in [6.07, 6.45) is 3.69. The van der Waals surface area contributed by atoms with E-state index >= 15 is 0 Å². The van der Waals surface area contributed by atoms with Crippen molar-refractivity contribution in [3.63, 3.8) is 0 Å². The van der Waals surface area contributed by atoms with Crippen LogP contribution in [0, 0.1) is 0 Å². The largest absolute Gasteiger partial charge is 0.452 e. The average molecular weight is 476 g/mol. The first-order valence-corrected chi connectivity index (χ1v) is 12.3. The van der Waals surface area contributed by atoms with E-state index in [1.54, 1.807) is 15.9 Å². The summed E-state index contributed by atoms with van der Waals surface area (Å²) in [6.45, 7) is 2.74. The van der Waals surface area contributed by atoms with E-state index < -0.39 is 5.97 Å². The standard InChI is InChI=1S/C22H25N3O5S2/c1-14(26)23-20-19(15-5-2-3-6-16(15)32-20)22(29)30-13-18(27)24-8-10-25(11-9-24)21(28)17-7-4-12-31-17/h4,7,12H,2-3,5-6,8-11,13H2,1H3,(H,23,26). The van der Waals surface area contributed by atoms with Crippen molar-refractivity contribution >= 4 is 51.4 Å². The molecule has 0 unspecified atom stereocenters. The first-order chi connectivity index (χ1) is 15.4. The Kier molecular flexibility index (Phi) is 6.90. The molecule has 10 heteroatoms. The number of carbonyl (C=O) groups excluding carboxylic acids is 4. The van der Waals surface area contributed by atoms with Gasteiger partial charge in [0.15, 0.2) is 6.61 Å². The maximum Gasteiger partial charge on any atom is 0.341 e. The van der Waals surface area contributed by atoms with Crippen LogP contribution in [0.15, 0.2) is 17.5 Å². The Bertz CT molecular complexity index is 1020. The van der Waals surface area contributed by atoms with Gasteiger partial charge in [-0.2, -0.15) is 0 Å². The second-order valence-corrected chi connectivity index (χ2v) is 9.88. The maximum atomic E-state index is 12.9. The van der Waals surface area contributed by atoms with E-state index in [2.05, 4.69) is 5.32 Å². The topological polar surface area (TPSA) is 96.0 Å². The van der Waals surface area contributed by atoms with Gasteiger partial charge in [0, 0.05) is 38.0 Å². The summed E-state index contributed by atoms with van der Waals surface area (Å²) in [7, 11) is 0. The SMILES string of the molecule is CC(=O)Nc1sc2c(c1C(=O)OCC(=O)N1CCN(C(=O)c3cccs3)CC1)CCCC2. The molecule has 1 aliphatic carbocycles. The van der Waals surface area contributed by atoms with Crippen LogP contribution in [0.4, 0.5) is 5.00 Å². The Hall–Kier alpha value is -2.72. The number of fused-ring (bicyclic) bond motifs is 1. The molecule has 3 amide bonds. The minimum absolute atomic E-state index is 0.0220. The highest BCUT2D eigenvalue weighted by atomic mass is 32.1. The predicted octanol–water partition coefficient (Wildman–Crippen LogP) is 2.79. The number of thiophene rings is 2. The molecule has 0 atom stereocenters. The zero-order chi connectivity index (χ0) is 22.7. The summed E-state index contributed by atoms with van der Waals surface area (Å²) in [5.74, 6) is -1.13. The van der Waals surface area contributed by atoms with Gasteiger partial charge in [0.05, 0.1) is 10.4 Å². The monoisotopic (exact) mass is 475 g/mol. The maximum absolute atomic E-state index is 12.9. The van der Waals surface area contributed by atoms with Crippen LogP contribution in [0.2, 0.25) is 0 Å². The van der Waals surface area contributed by atoms with E-state index in [0.29, 0.717) is 41.6 Å². The molecule has 1 aliphatic heterocycles. The number of esters is 1. The molecule has 0 aromatic carbocycles. The summed E-state index contributed by atoms with van der Waals surface area (Å²) >= 11 is 2.82. The number of piperazine rings is 1. The third-order valence-electron chi connectivity index (χ3n) is 5.64. The zero-order valence-electron chi connectivity index (χ0n) is 17.8. The van der Waals surface area contributed by atoms with Crippen molar-refractivity contribution in [2.45, 2.75) is 32.6 Å². The molecule has 170 valence electrons. The van der Waals surface area contributed by atoms with Gasteiger partial charge in [-0.1, -0.05) is 6.07 Å². The highest BCUT2D eigenvalue weighted by molar-refractivity contribution is 7.17. The minimum Gasteiger partial charge on any atom is -0.452 e. The van der Waals surface area contributed by atoms with Gasteiger partial charge in [0.1, 0.15) is 5.00 Å². The number of carbonyl (C=O) groups is 4. The Labute approximate surface area is 194 Å². The van der Waals surface area contributed by atoms with Crippen LogP contribution in [0.3, 0.4) is 0 Å². The molecule has 2 aromatic rings. The number of hydrogen-bond donors (Lipinski definition) is 1. The van der Waals surface area contributed by atoms with E-state index in [0.717, 1.165) is 36.1 Å². The normalized spacial score (nSPS) is 15.8. The van der Waals surface area contributed by atoms with Gasteiger partial charge in [-0.25, -0.2) is 4.79 Å². The van der Waals surface area contributed by atoms with E-state index in [-0.39, 0.29) is 24.3 Å². The molecule has 32 heavy (non-hydrogen) atoms. The smallest absolute Gasteiger partial charge is 0.341 e. The Morgan fingerprint density at radius 2 is 1.78 bits per heavy atom. The molecule has 2 aliphatic rings. The van der Waals surface area contributed by atoms with E-state index in [1.807, 2.05) is 11.4 Å². The molecule has 1 N–H and O–H groups in total. The van der Waals surface area contributed by atoms with Crippen LogP contribution < -0.4 is 5.32 Å². The quantitative estimate of drug-likeness (QED) is 0.671. The second kappa shape index (κ2) is 9.83. The Morgan fingerprint density at radius 3 is 2.47 bits per heavy atom. The van der Waals surface area contributed by atoms with Crippen molar-refractivity contribution in [1.82, 2.24) is 9.80 Å². The molecule has 3 heterocycles. The summed E-state index contributed by atoms with van der Waals surface area (Å²) < 4.78 is 5.37. The van der Waals surface area contributed by atoms with Crippen molar-refractivity contribution in [2.75, 3.05) is 38.1 Å². The van der Waals surface area contributed by atoms with Gasteiger partial charge < -0.3 is 19.9 Å². The van der Waals surface area contributed by atoms with Crippen LogP contribution in [-0.4, -0.2) is 66.3 Å². The van der Waals surface area contributed by atoms with Gasteiger partial charge >= 0.3 is 5.97 Å². The molecule has 0 saturated carbocycles. The fraction of sp³-hybridized carbons (Fsp3) is 0.455. The van der Waals surface area contributed by atoms with Crippen LogP contribution in [-0.2, 0) is 27.2 Å². The molecular weight excluding hydrogens is 450 g/mol. The molecule has 0 bridgehead atoms. The van der Waals surface area contributed by atoms with Gasteiger partial charge in [-0.15, -0.1) is 22.7 Å². The molecule has 0 spiro atoms. The number of ether oxygens (including phenoxy) is 1. The fourth-order valence-corrected chi connectivity index (χ4v) is 6.05. The molecule has 2 aromatic heterocycles. The zero-order valence-corrected chi connectivity index (χ0v) is 19.5. The van der Waals surface area contributed by atoms with Crippen LogP contribution in [0.5, 0.6) is 0 Å². The van der Waals surface area contributed by atoms with Crippen molar-refractivity contribution < 1.29 is 23.9 Å². The second-order valence-electron chi connectivity index (χ2n) is 7.82. The van der Waals surface area contributed by atoms with E-state index in [1.165, 1.54) is 29.6 Å². The van der Waals surface area contributed by atoms with E-state index in [9.17, 15) is 19.2 Å². The minimum atomic E-state index is -0.576. The number of nitrogens with one attached hydrogen (secondary N) is 1. The highest BCUT2D eigenvalue weighted by Crippen LogP contribution is 2.38. The lowest BCUT2D eigenvalue weighted by Gasteiger charge is -2.34. The van der Waals surface area contributed by atoms with Gasteiger partial charge in [0.25, 0.3) is 11.8 Å². The van der Waals surface area contributed by atoms with Crippen LogP contribution >= 0.6 is 22.7 Å². The summed E-state index contributed by atoms with van der Waals surface area (Å²) in [5.41, 5.74) is 1.32. The summed E-state index contributed by atoms with van der Waals surface area (Å²) in [5, 5.41) is 5.10. The fourth-order valence-electron chi connectivity index (χ4n) is 4.04. The highest BCUT2D eigenvalue weighted by Gasteiger charge is 2.29. The van der Waals surface area contributed by atoms with Crippen molar-refractivity contribution in [3.8, 4) is 0 Å². The summed E-state index contributed by atoms with van der Waals surface area (Å²) in [6, 6.07) is 3.64. The van der Waals surface area contributed by atoms with Gasteiger partial charge in [-0.3, -0.25) is 14.4 Å². The lowest BCUT2D eigenvalue weighted by Crippen LogP contribution is -2.51. The molecule has 1 saturated heterocycles. The van der Waals surface area contributed by atoms with Gasteiger partial charge in [0.2, 0.25) is 5.91 Å². The third kappa shape index (κ3) is 4.86. The lowest BCUT2D eigenvalue weighted by molar-refractivity contribution is -0.136.